The van der Waals surface area contributed by atoms with E-state index in [0.717, 1.165) is 25.7 Å². The third kappa shape index (κ3) is 5.54. The third-order valence-electron chi connectivity index (χ3n) is 3.22. The van der Waals surface area contributed by atoms with Gasteiger partial charge in [-0.05, 0) is 18.5 Å². The molecule has 1 rings (SSSR count). The van der Waals surface area contributed by atoms with Gasteiger partial charge in [-0.1, -0.05) is 26.2 Å². The molecule has 0 saturated carbocycles. The topological polar surface area (TPSA) is 95.3 Å². The minimum absolute atomic E-state index is 0.285. The molecule has 0 spiro atoms. The molecular weight excluding hydrogens is 264 g/mol. The Hall–Kier alpha value is -1.18. The predicted molar refractivity (Wildman–Crippen MR) is 75.3 cm³/mol. The maximum Gasteiger partial charge on any atom is 0.332 e. The molecule has 0 unspecified atom stereocenters. The van der Waals surface area contributed by atoms with E-state index in [-0.39, 0.29) is 11.2 Å². The molecule has 0 aliphatic heterocycles. The van der Waals surface area contributed by atoms with E-state index in [1.54, 1.807) is 6.92 Å². The summed E-state index contributed by atoms with van der Waals surface area (Å²) in [5.41, 5.74) is -0.664. The first-order valence-electron chi connectivity index (χ1n) is 6.69. The standard InChI is InChI=1S/C12H22N2O4Si/c1-2-19(17,18)10-6-4-3-5-9-14-11(15)7-8-13-12(14)16/h7-8,17-18H,2-6,9-10H2,1H3,(H,13,16). The minimum atomic E-state index is -2.93. The summed E-state index contributed by atoms with van der Waals surface area (Å²) >= 11 is 0. The monoisotopic (exact) mass is 286 g/mol. The molecule has 1 aromatic rings. The Morgan fingerprint density at radius 3 is 2.53 bits per heavy atom. The summed E-state index contributed by atoms with van der Waals surface area (Å²) in [6.07, 6.45) is 4.63. The number of hydrogen-bond acceptors (Lipinski definition) is 4. The normalized spacial score (nSPS) is 11.7. The van der Waals surface area contributed by atoms with Crippen molar-refractivity contribution in [1.82, 2.24) is 9.55 Å². The smallest absolute Gasteiger partial charge is 0.332 e. The summed E-state index contributed by atoms with van der Waals surface area (Å²) in [5, 5.41) is 0. The Kier molecular flexibility index (Phi) is 6.20. The highest BCUT2D eigenvalue weighted by molar-refractivity contribution is 6.64. The fourth-order valence-electron chi connectivity index (χ4n) is 1.87. The van der Waals surface area contributed by atoms with E-state index in [0.29, 0.717) is 18.6 Å². The molecule has 0 aromatic carbocycles. The van der Waals surface area contributed by atoms with Crippen LogP contribution in [0.25, 0.3) is 0 Å². The molecule has 1 heterocycles. The second kappa shape index (κ2) is 7.42. The first-order chi connectivity index (χ1) is 8.96. The lowest BCUT2D eigenvalue weighted by Crippen LogP contribution is -2.34. The quantitative estimate of drug-likeness (QED) is 0.480. The number of aromatic amines is 1. The maximum absolute atomic E-state index is 11.4. The van der Waals surface area contributed by atoms with E-state index < -0.39 is 8.56 Å². The van der Waals surface area contributed by atoms with E-state index >= 15 is 0 Å². The fraction of sp³-hybridized carbons (Fsp3) is 0.667. The van der Waals surface area contributed by atoms with Crippen LogP contribution in [-0.2, 0) is 6.54 Å². The van der Waals surface area contributed by atoms with E-state index in [9.17, 15) is 19.2 Å². The summed E-state index contributed by atoms with van der Waals surface area (Å²) in [6, 6.07) is 2.29. The number of unbranched alkanes of at least 4 members (excludes halogenated alkanes) is 3. The molecular formula is C12H22N2O4Si. The van der Waals surface area contributed by atoms with Gasteiger partial charge in [-0.3, -0.25) is 9.36 Å². The van der Waals surface area contributed by atoms with Crippen LogP contribution in [0.4, 0.5) is 0 Å². The van der Waals surface area contributed by atoms with Crippen molar-refractivity contribution in [3.05, 3.63) is 33.1 Å². The van der Waals surface area contributed by atoms with Crippen molar-refractivity contribution in [2.75, 3.05) is 0 Å². The lowest BCUT2D eigenvalue weighted by molar-refractivity contribution is 0.356. The molecule has 0 saturated heterocycles. The molecule has 19 heavy (non-hydrogen) atoms. The molecule has 0 atom stereocenters. The number of H-pyrrole nitrogens is 1. The molecule has 0 amide bonds. The van der Waals surface area contributed by atoms with Crippen LogP contribution in [0, 0.1) is 0 Å². The van der Waals surface area contributed by atoms with Crippen LogP contribution in [0.3, 0.4) is 0 Å². The number of nitrogens with zero attached hydrogens (tertiary/aromatic N) is 1. The Labute approximate surface area is 113 Å². The van der Waals surface area contributed by atoms with Crippen molar-refractivity contribution in [3.8, 4) is 0 Å². The lowest BCUT2D eigenvalue weighted by Gasteiger charge is -2.14. The van der Waals surface area contributed by atoms with E-state index in [4.69, 9.17) is 0 Å². The second-order valence-corrected chi connectivity index (χ2v) is 7.94. The van der Waals surface area contributed by atoms with Gasteiger partial charge in [0.15, 0.2) is 0 Å². The van der Waals surface area contributed by atoms with Gasteiger partial charge in [0.1, 0.15) is 0 Å². The zero-order valence-corrected chi connectivity index (χ0v) is 12.3. The van der Waals surface area contributed by atoms with Crippen LogP contribution in [-0.4, -0.2) is 27.7 Å². The van der Waals surface area contributed by atoms with Crippen LogP contribution in [0.1, 0.15) is 32.6 Å². The first-order valence-corrected chi connectivity index (χ1v) is 9.00. The summed E-state index contributed by atoms with van der Waals surface area (Å²) < 4.78 is 1.18. The number of rotatable bonds is 8. The van der Waals surface area contributed by atoms with Crippen molar-refractivity contribution in [2.45, 2.75) is 51.2 Å². The highest BCUT2D eigenvalue weighted by atomic mass is 28.4. The molecule has 0 aliphatic carbocycles. The van der Waals surface area contributed by atoms with Crippen LogP contribution in [0.15, 0.2) is 21.9 Å². The van der Waals surface area contributed by atoms with Gasteiger partial charge in [-0.2, -0.15) is 0 Å². The van der Waals surface area contributed by atoms with Crippen molar-refractivity contribution in [1.29, 1.82) is 0 Å². The number of nitrogens with one attached hydrogen (secondary N) is 1. The summed E-state index contributed by atoms with van der Waals surface area (Å²) in [6.45, 7) is 2.20. The predicted octanol–water partition coefficient (Wildman–Crippen LogP) is 0.544. The molecule has 7 heteroatoms. The van der Waals surface area contributed by atoms with Gasteiger partial charge in [0.25, 0.3) is 5.56 Å². The van der Waals surface area contributed by atoms with Gasteiger partial charge in [0, 0.05) is 18.8 Å². The molecule has 0 bridgehead atoms. The van der Waals surface area contributed by atoms with Gasteiger partial charge in [-0.25, -0.2) is 4.79 Å². The Morgan fingerprint density at radius 2 is 1.89 bits per heavy atom. The Balaban J connectivity index is 2.25. The average molecular weight is 286 g/mol. The highest BCUT2D eigenvalue weighted by Gasteiger charge is 2.24. The molecule has 0 aliphatic rings. The van der Waals surface area contributed by atoms with Crippen molar-refractivity contribution in [2.24, 2.45) is 0 Å². The van der Waals surface area contributed by atoms with Gasteiger partial charge in [-0.15, -0.1) is 0 Å². The zero-order valence-electron chi connectivity index (χ0n) is 11.3. The SMILES string of the molecule is CC[Si](O)(O)CCCCCCn1c(=O)cc[nH]c1=O. The lowest BCUT2D eigenvalue weighted by atomic mass is 10.2. The van der Waals surface area contributed by atoms with E-state index in [1.165, 1.54) is 16.8 Å². The van der Waals surface area contributed by atoms with Gasteiger partial charge < -0.3 is 14.6 Å². The Bertz CT molecular complexity index is 467. The van der Waals surface area contributed by atoms with Crippen LogP contribution in [0.5, 0.6) is 0 Å². The maximum atomic E-state index is 11.4. The number of aromatic nitrogens is 2. The molecule has 6 nitrogen and oxygen atoms in total. The average Bonchev–Trinajstić information content (AvgIpc) is 2.36. The largest absolute Gasteiger partial charge is 0.411 e. The third-order valence-corrected chi connectivity index (χ3v) is 5.51. The molecule has 3 N–H and O–H groups in total. The minimum Gasteiger partial charge on any atom is -0.411 e. The highest BCUT2D eigenvalue weighted by Crippen LogP contribution is 2.13. The van der Waals surface area contributed by atoms with Crippen LogP contribution in [0.2, 0.25) is 12.1 Å². The van der Waals surface area contributed by atoms with Gasteiger partial charge in [0.05, 0.1) is 0 Å². The summed E-state index contributed by atoms with van der Waals surface area (Å²) in [7, 11) is -2.93. The van der Waals surface area contributed by atoms with Crippen molar-refractivity contribution < 1.29 is 9.59 Å². The summed E-state index contributed by atoms with van der Waals surface area (Å²) in [4.78, 5) is 44.3. The molecule has 0 radical (unpaired) electrons. The molecule has 1 aromatic heterocycles. The van der Waals surface area contributed by atoms with E-state index in [2.05, 4.69) is 4.98 Å². The fourth-order valence-corrected chi connectivity index (χ4v) is 3.04. The van der Waals surface area contributed by atoms with Crippen LogP contribution < -0.4 is 11.2 Å². The Morgan fingerprint density at radius 1 is 1.21 bits per heavy atom. The van der Waals surface area contributed by atoms with Crippen LogP contribution >= 0.6 is 0 Å². The van der Waals surface area contributed by atoms with Crippen molar-refractivity contribution in [3.63, 3.8) is 0 Å². The molecule has 108 valence electrons. The molecule has 0 fully saturated rings. The summed E-state index contributed by atoms with van der Waals surface area (Å²) in [5.74, 6) is 0. The van der Waals surface area contributed by atoms with Crippen molar-refractivity contribution >= 4 is 8.56 Å². The first kappa shape index (κ1) is 15.9. The van der Waals surface area contributed by atoms with Gasteiger partial charge >= 0.3 is 14.3 Å². The van der Waals surface area contributed by atoms with Gasteiger partial charge in [0.2, 0.25) is 0 Å². The second-order valence-electron chi connectivity index (χ2n) is 4.77. The van der Waals surface area contributed by atoms with E-state index in [1.807, 2.05) is 0 Å². The number of hydrogen-bond donors (Lipinski definition) is 3. The zero-order chi connectivity index (χ0) is 14.3.